The molecule has 2 N–H and O–H groups in total. The minimum Gasteiger partial charge on any atom is -0.404 e. The molecule has 0 saturated heterocycles. The van der Waals surface area contributed by atoms with Crippen LogP contribution in [0.25, 0.3) is 10.2 Å². The Morgan fingerprint density at radius 3 is 2.76 bits per heavy atom. The molecule has 110 valence electrons. The Bertz CT molecular complexity index is 747. The number of thiophene rings is 1. The van der Waals surface area contributed by atoms with Gasteiger partial charge >= 0.3 is 6.18 Å². The molecule has 0 aromatic carbocycles. The molecule has 4 nitrogen and oxygen atoms in total. The second-order valence-corrected chi connectivity index (χ2v) is 5.00. The van der Waals surface area contributed by atoms with Gasteiger partial charge in [-0.05, 0) is 23.9 Å². The standard InChI is InChI=1S/C13H10F3N3OS/c1-7-6-21-11-9(2-3-18-10(7)11)19-12(13(14,15)16)8(4-17)5-20/h2-6H,17H2,1H3. The number of pyridine rings is 1. The van der Waals surface area contributed by atoms with Gasteiger partial charge in [0, 0.05) is 12.4 Å². The third kappa shape index (κ3) is 2.94. The average molecular weight is 313 g/mol. The van der Waals surface area contributed by atoms with Crippen LogP contribution in [0.4, 0.5) is 18.9 Å². The van der Waals surface area contributed by atoms with E-state index in [4.69, 9.17) is 5.73 Å². The van der Waals surface area contributed by atoms with Crippen LogP contribution in [-0.2, 0) is 4.79 Å². The van der Waals surface area contributed by atoms with Crippen molar-refractivity contribution in [2.45, 2.75) is 13.1 Å². The van der Waals surface area contributed by atoms with Crippen LogP contribution in [0.1, 0.15) is 5.56 Å². The highest BCUT2D eigenvalue weighted by Gasteiger charge is 2.38. The van der Waals surface area contributed by atoms with Crippen molar-refractivity contribution in [3.05, 3.63) is 35.0 Å². The third-order valence-electron chi connectivity index (χ3n) is 2.69. The minimum absolute atomic E-state index is 0.0321. The van der Waals surface area contributed by atoms with Crippen LogP contribution in [0.2, 0.25) is 0 Å². The van der Waals surface area contributed by atoms with Gasteiger partial charge in [-0.25, -0.2) is 4.99 Å². The maximum atomic E-state index is 13.0. The van der Waals surface area contributed by atoms with E-state index >= 15 is 0 Å². The van der Waals surface area contributed by atoms with Crippen molar-refractivity contribution in [2.75, 3.05) is 0 Å². The summed E-state index contributed by atoms with van der Waals surface area (Å²) in [5.74, 6) is 0. The molecule has 0 aliphatic heterocycles. The Kier molecular flexibility index (Phi) is 4.08. The molecule has 0 radical (unpaired) electrons. The van der Waals surface area contributed by atoms with E-state index in [1.54, 1.807) is 12.3 Å². The molecule has 0 fully saturated rings. The Morgan fingerprint density at radius 2 is 2.19 bits per heavy atom. The molecule has 2 aromatic rings. The van der Waals surface area contributed by atoms with E-state index in [1.165, 1.54) is 23.6 Å². The van der Waals surface area contributed by atoms with Gasteiger partial charge in [-0.2, -0.15) is 13.2 Å². The predicted octanol–water partition coefficient (Wildman–Crippen LogP) is 3.28. The Morgan fingerprint density at radius 1 is 1.48 bits per heavy atom. The summed E-state index contributed by atoms with van der Waals surface area (Å²) >= 11 is 1.24. The molecule has 8 heteroatoms. The number of rotatable bonds is 3. The summed E-state index contributed by atoms with van der Waals surface area (Å²) in [5, 5.41) is 1.78. The van der Waals surface area contributed by atoms with Gasteiger partial charge in [-0.3, -0.25) is 9.78 Å². The molecule has 2 heterocycles. The summed E-state index contributed by atoms with van der Waals surface area (Å²) in [6.45, 7) is 1.81. The number of hydrogen-bond acceptors (Lipinski definition) is 5. The lowest BCUT2D eigenvalue weighted by Crippen LogP contribution is -2.26. The quantitative estimate of drug-likeness (QED) is 0.537. The largest absolute Gasteiger partial charge is 0.434 e. The van der Waals surface area contributed by atoms with Crippen molar-refractivity contribution < 1.29 is 18.0 Å². The van der Waals surface area contributed by atoms with Crippen LogP contribution in [0, 0.1) is 6.92 Å². The number of aromatic nitrogens is 1. The maximum absolute atomic E-state index is 13.0. The molecule has 0 spiro atoms. The van der Waals surface area contributed by atoms with Gasteiger partial charge in [0.15, 0.2) is 12.0 Å². The number of aldehydes is 1. The summed E-state index contributed by atoms with van der Waals surface area (Å²) in [6, 6.07) is 1.36. The fourth-order valence-corrected chi connectivity index (χ4v) is 2.68. The number of allylic oxidation sites excluding steroid dienone is 1. The van der Waals surface area contributed by atoms with Crippen LogP contribution in [0.5, 0.6) is 0 Å². The monoisotopic (exact) mass is 313 g/mol. The number of nitrogens with two attached hydrogens (primary N) is 1. The highest BCUT2D eigenvalue weighted by molar-refractivity contribution is 7.18. The molecule has 2 rings (SSSR count). The topological polar surface area (TPSA) is 68.3 Å². The highest BCUT2D eigenvalue weighted by Crippen LogP contribution is 2.34. The molecule has 0 bridgehead atoms. The Hall–Kier alpha value is -2.22. The zero-order chi connectivity index (χ0) is 15.6. The van der Waals surface area contributed by atoms with E-state index in [1.807, 2.05) is 0 Å². The number of fused-ring (bicyclic) bond motifs is 1. The first-order valence-corrected chi connectivity index (χ1v) is 6.62. The average Bonchev–Trinajstić information content (AvgIpc) is 2.81. The Labute approximate surface area is 121 Å². The number of hydrogen-bond donors (Lipinski definition) is 1. The molecule has 0 unspecified atom stereocenters. The SMILES string of the molecule is Cc1csc2c(N=C(C(C=O)=CN)C(F)(F)F)ccnc12. The number of aryl methyl sites for hydroxylation is 1. The lowest BCUT2D eigenvalue weighted by Gasteiger charge is -2.10. The molecular weight excluding hydrogens is 303 g/mol. The van der Waals surface area contributed by atoms with E-state index in [9.17, 15) is 18.0 Å². The predicted molar refractivity (Wildman–Crippen MR) is 75.8 cm³/mol. The maximum Gasteiger partial charge on any atom is 0.434 e. The fraction of sp³-hybridized carbons (Fsp3) is 0.154. The molecule has 0 saturated carbocycles. The van der Waals surface area contributed by atoms with E-state index < -0.39 is 17.5 Å². The number of carbonyl (C=O) groups excluding carboxylic acids is 1. The van der Waals surface area contributed by atoms with Gasteiger partial charge in [0.25, 0.3) is 0 Å². The first-order valence-electron chi connectivity index (χ1n) is 5.74. The van der Waals surface area contributed by atoms with Crippen molar-refractivity contribution in [1.82, 2.24) is 4.98 Å². The number of nitrogens with zero attached hydrogens (tertiary/aromatic N) is 2. The fourth-order valence-electron chi connectivity index (χ4n) is 1.71. The van der Waals surface area contributed by atoms with Crippen LogP contribution >= 0.6 is 11.3 Å². The number of carbonyl (C=O) groups is 1. The van der Waals surface area contributed by atoms with Crippen molar-refractivity contribution in [1.29, 1.82) is 0 Å². The molecule has 0 atom stereocenters. The van der Waals surface area contributed by atoms with Crippen LogP contribution in [-0.4, -0.2) is 23.2 Å². The van der Waals surface area contributed by atoms with Crippen molar-refractivity contribution >= 4 is 39.2 Å². The number of halogens is 3. The smallest absolute Gasteiger partial charge is 0.404 e. The summed E-state index contributed by atoms with van der Waals surface area (Å²) in [5.41, 5.74) is 4.58. The van der Waals surface area contributed by atoms with Crippen LogP contribution in [0.15, 0.2) is 34.4 Å². The summed E-state index contributed by atoms with van der Waals surface area (Å²) in [6.07, 6.45) is -2.78. The van der Waals surface area contributed by atoms with E-state index in [-0.39, 0.29) is 12.0 Å². The van der Waals surface area contributed by atoms with E-state index in [2.05, 4.69) is 9.98 Å². The third-order valence-corrected chi connectivity index (χ3v) is 3.80. The number of aliphatic imine (C=N–C) groups is 1. The molecule has 0 aliphatic rings. The van der Waals surface area contributed by atoms with Gasteiger partial charge < -0.3 is 5.73 Å². The second-order valence-electron chi connectivity index (χ2n) is 4.12. The molecular formula is C13H10F3N3OS. The summed E-state index contributed by atoms with van der Waals surface area (Å²) < 4.78 is 39.6. The van der Waals surface area contributed by atoms with Gasteiger partial charge in [0.1, 0.15) is 0 Å². The molecule has 2 aromatic heterocycles. The molecule has 0 amide bonds. The lowest BCUT2D eigenvalue weighted by atomic mass is 10.1. The van der Waals surface area contributed by atoms with Crippen molar-refractivity contribution in [3.8, 4) is 0 Å². The summed E-state index contributed by atoms with van der Waals surface area (Å²) in [7, 11) is 0. The zero-order valence-electron chi connectivity index (χ0n) is 10.8. The van der Waals surface area contributed by atoms with Crippen molar-refractivity contribution in [2.24, 2.45) is 10.7 Å². The van der Waals surface area contributed by atoms with Crippen LogP contribution in [0.3, 0.4) is 0 Å². The number of alkyl halides is 3. The second kappa shape index (κ2) is 5.65. The highest BCUT2D eigenvalue weighted by atomic mass is 32.1. The molecule has 0 aliphatic carbocycles. The van der Waals surface area contributed by atoms with Crippen LogP contribution < -0.4 is 5.73 Å². The summed E-state index contributed by atoms with van der Waals surface area (Å²) in [4.78, 5) is 18.4. The van der Waals surface area contributed by atoms with Gasteiger partial charge in [0.05, 0.1) is 21.5 Å². The first kappa shape index (κ1) is 15.2. The van der Waals surface area contributed by atoms with E-state index in [0.717, 1.165) is 5.56 Å². The van der Waals surface area contributed by atoms with Crippen molar-refractivity contribution in [3.63, 3.8) is 0 Å². The normalized spacial score (nSPS) is 13.7. The Balaban J connectivity index is 2.68. The van der Waals surface area contributed by atoms with Gasteiger partial charge in [-0.1, -0.05) is 0 Å². The van der Waals surface area contributed by atoms with Gasteiger partial charge in [0.2, 0.25) is 0 Å². The first-order chi connectivity index (χ1) is 9.88. The zero-order valence-corrected chi connectivity index (χ0v) is 11.6. The minimum atomic E-state index is -4.78. The lowest BCUT2D eigenvalue weighted by molar-refractivity contribution is -0.105. The van der Waals surface area contributed by atoms with E-state index in [0.29, 0.717) is 16.4 Å². The van der Waals surface area contributed by atoms with Gasteiger partial charge in [-0.15, -0.1) is 11.3 Å². The molecule has 21 heavy (non-hydrogen) atoms.